The number of carboxylic acid groups (broad SMARTS) is 1. The van der Waals surface area contributed by atoms with E-state index in [4.69, 9.17) is 23.2 Å². The monoisotopic (exact) mass is 325 g/mol. The highest BCUT2D eigenvalue weighted by Crippen LogP contribution is 2.34. The SMILES string of the molecule is CN(C)c1c(Cl)cccc1Nc1nc(Cl)ccc1C(=O)O. The summed E-state index contributed by atoms with van der Waals surface area (Å²) in [4.78, 5) is 17.1. The van der Waals surface area contributed by atoms with Crippen molar-refractivity contribution in [2.45, 2.75) is 0 Å². The first-order valence-corrected chi connectivity index (χ1v) is 6.78. The third kappa shape index (κ3) is 3.37. The van der Waals surface area contributed by atoms with Crippen molar-refractivity contribution in [3.63, 3.8) is 0 Å². The third-order valence-corrected chi connectivity index (χ3v) is 3.29. The van der Waals surface area contributed by atoms with Gasteiger partial charge in [0, 0.05) is 14.1 Å². The van der Waals surface area contributed by atoms with Crippen LogP contribution in [0, 0.1) is 0 Å². The van der Waals surface area contributed by atoms with Gasteiger partial charge in [0.15, 0.2) is 0 Å². The molecule has 0 fully saturated rings. The molecule has 0 saturated carbocycles. The Bertz CT molecular complexity index is 690. The summed E-state index contributed by atoms with van der Waals surface area (Å²) in [6.45, 7) is 0. The van der Waals surface area contributed by atoms with Crippen molar-refractivity contribution in [3.05, 3.63) is 46.1 Å². The average molecular weight is 326 g/mol. The molecular formula is C14H13Cl2N3O2. The first-order valence-electron chi connectivity index (χ1n) is 6.03. The van der Waals surface area contributed by atoms with Crippen LogP contribution in [0.25, 0.3) is 0 Å². The van der Waals surface area contributed by atoms with Gasteiger partial charge < -0.3 is 15.3 Å². The normalized spacial score (nSPS) is 10.3. The fraction of sp³-hybridized carbons (Fsp3) is 0.143. The lowest BCUT2D eigenvalue weighted by atomic mass is 10.2. The summed E-state index contributed by atoms with van der Waals surface area (Å²) in [5.74, 6) is -0.921. The van der Waals surface area contributed by atoms with E-state index in [0.717, 1.165) is 5.69 Å². The number of pyridine rings is 1. The number of carboxylic acids is 1. The molecule has 2 N–H and O–H groups in total. The number of aromatic carboxylic acids is 1. The Hall–Kier alpha value is -1.98. The maximum Gasteiger partial charge on any atom is 0.339 e. The summed E-state index contributed by atoms with van der Waals surface area (Å²) in [5.41, 5.74) is 1.41. The second-order valence-corrected chi connectivity index (χ2v) is 5.29. The molecule has 0 bridgehead atoms. The van der Waals surface area contributed by atoms with Crippen LogP contribution in [0.4, 0.5) is 17.2 Å². The Morgan fingerprint density at radius 3 is 2.57 bits per heavy atom. The molecule has 2 aromatic rings. The minimum absolute atomic E-state index is 0.0316. The van der Waals surface area contributed by atoms with E-state index in [9.17, 15) is 9.90 Å². The first-order chi connectivity index (χ1) is 9.90. The van der Waals surface area contributed by atoms with Crippen LogP contribution in [-0.4, -0.2) is 30.2 Å². The quantitative estimate of drug-likeness (QED) is 0.834. The van der Waals surface area contributed by atoms with Crippen LogP contribution in [0.15, 0.2) is 30.3 Å². The topological polar surface area (TPSA) is 65.5 Å². The molecule has 1 aromatic heterocycles. The molecule has 0 amide bonds. The van der Waals surface area contributed by atoms with Crippen molar-refractivity contribution in [1.29, 1.82) is 0 Å². The lowest BCUT2D eigenvalue weighted by Crippen LogP contribution is -2.13. The summed E-state index contributed by atoms with van der Waals surface area (Å²) >= 11 is 12.0. The van der Waals surface area contributed by atoms with Crippen molar-refractivity contribution < 1.29 is 9.90 Å². The zero-order valence-electron chi connectivity index (χ0n) is 11.4. The van der Waals surface area contributed by atoms with E-state index >= 15 is 0 Å². The Labute approximate surface area is 132 Å². The third-order valence-electron chi connectivity index (χ3n) is 2.78. The zero-order valence-corrected chi connectivity index (χ0v) is 12.9. The Balaban J connectivity index is 2.50. The Morgan fingerprint density at radius 2 is 1.95 bits per heavy atom. The number of halogens is 2. The highest BCUT2D eigenvalue weighted by Gasteiger charge is 2.15. The van der Waals surface area contributed by atoms with E-state index in [-0.39, 0.29) is 16.5 Å². The first kappa shape index (κ1) is 15.4. The second-order valence-electron chi connectivity index (χ2n) is 4.49. The van der Waals surface area contributed by atoms with Crippen molar-refractivity contribution in [2.24, 2.45) is 0 Å². The number of rotatable bonds is 4. The molecule has 1 aromatic carbocycles. The van der Waals surface area contributed by atoms with E-state index in [1.54, 1.807) is 18.2 Å². The second kappa shape index (κ2) is 6.20. The van der Waals surface area contributed by atoms with Crippen molar-refractivity contribution >= 4 is 46.4 Å². The van der Waals surface area contributed by atoms with Crippen molar-refractivity contribution in [1.82, 2.24) is 4.98 Å². The fourth-order valence-electron chi connectivity index (χ4n) is 1.90. The molecule has 5 nitrogen and oxygen atoms in total. The molecule has 110 valence electrons. The number of anilines is 3. The van der Waals surface area contributed by atoms with Gasteiger partial charge in [0.25, 0.3) is 0 Å². The molecule has 7 heteroatoms. The van der Waals surface area contributed by atoms with Crippen LogP contribution >= 0.6 is 23.2 Å². The molecule has 0 atom stereocenters. The van der Waals surface area contributed by atoms with Gasteiger partial charge in [0.05, 0.1) is 16.4 Å². The lowest BCUT2D eigenvalue weighted by molar-refractivity contribution is 0.0697. The largest absolute Gasteiger partial charge is 0.478 e. The van der Waals surface area contributed by atoms with Crippen molar-refractivity contribution in [2.75, 3.05) is 24.3 Å². The lowest BCUT2D eigenvalue weighted by Gasteiger charge is -2.20. The van der Waals surface area contributed by atoms with E-state index < -0.39 is 5.97 Å². The number of benzene rings is 1. The number of hydrogen-bond donors (Lipinski definition) is 2. The van der Waals surface area contributed by atoms with Gasteiger partial charge in [-0.2, -0.15) is 0 Å². The molecule has 0 saturated heterocycles. The van der Waals surface area contributed by atoms with E-state index in [2.05, 4.69) is 10.3 Å². The zero-order chi connectivity index (χ0) is 15.6. The number of hydrogen-bond acceptors (Lipinski definition) is 4. The molecule has 0 spiro atoms. The highest BCUT2D eigenvalue weighted by atomic mass is 35.5. The molecular weight excluding hydrogens is 313 g/mol. The summed E-state index contributed by atoms with van der Waals surface area (Å²) in [6.07, 6.45) is 0. The average Bonchev–Trinajstić information content (AvgIpc) is 2.37. The number of nitrogens with one attached hydrogen (secondary N) is 1. The predicted octanol–water partition coefficient (Wildman–Crippen LogP) is 3.90. The van der Waals surface area contributed by atoms with Gasteiger partial charge in [-0.3, -0.25) is 0 Å². The van der Waals surface area contributed by atoms with Crippen LogP contribution in [0.1, 0.15) is 10.4 Å². The predicted molar refractivity (Wildman–Crippen MR) is 85.3 cm³/mol. The van der Waals surface area contributed by atoms with Gasteiger partial charge in [0.2, 0.25) is 0 Å². The maximum absolute atomic E-state index is 11.2. The van der Waals surface area contributed by atoms with Gasteiger partial charge in [-0.1, -0.05) is 29.3 Å². The number of nitrogens with zero attached hydrogens (tertiary/aromatic N) is 2. The molecule has 2 rings (SSSR count). The molecule has 1 heterocycles. The Morgan fingerprint density at radius 1 is 1.24 bits per heavy atom. The van der Waals surface area contributed by atoms with Crippen LogP contribution in [0.5, 0.6) is 0 Å². The minimum Gasteiger partial charge on any atom is -0.478 e. The smallest absolute Gasteiger partial charge is 0.339 e. The van der Waals surface area contributed by atoms with E-state index in [0.29, 0.717) is 10.7 Å². The van der Waals surface area contributed by atoms with Crippen LogP contribution < -0.4 is 10.2 Å². The minimum atomic E-state index is -1.09. The number of para-hydroxylation sites is 1. The summed E-state index contributed by atoms with van der Waals surface area (Å²) in [5, 5.41) is 12.9. The van der Waals surface area contributed by atoms with Crippen LogP contribution in [0.3, 0.4) is 0 Å². The van der Waals surface area contributed by atoms with Gasteiger partial charge in [0.1, 0.15) is 16.5 Å². The summed E-state index contributed by atoms with van der Waals surface area (Å²) in [6, 6.07) is 8.14. The van der Waals surface area contributed by atoms with E-state index in [1.807, 2.05) is 19.0 Å². The standard InChI is InChI=1S/C14H13Cl2N3O2/c1-19(2)12-9(15)4-3-5-10(12)17-13-8(14(20)21)6-7-11(16)18-13/h3-7H,1-2H3,(H,17,18)(H,20,21). The van der Waals surface area contributed by atoms with Crippen LogP contribution in [-0.2, 0) is 0 Å². The van der Waals surface area contributed by atoms with Gasteiger partial charge in [-0.05, 0) is 24.3 Å². The molecule has 21 heavy (non-hydrogen) atoms. The molecule has 0 aliphatic carbocycles. The molecule has 0 unspecified atom stereocenters. The van der Waals surface area contributed by atoms with Gasteiger partial charge in [-0.15, -0.1) is 0 Å². The fourth-order valence-corrected chi connectivity index (χ4v) is 2.39. The van der Waals surface area contributed by atoms with Crippen LogP contribution in [0.2, 0.25) is 10.2 Å². The van der Waals surface area contributed by atoms with E-state index in [1.165, 1.54) is 12.1 Å². The van der Waals surface area contributed by atoms with Gasteiger partial charge >= 0.3 is 5.97 Å². The molecule has 0 aliphatic heterocycles. The summed E-state index contributed by atoms with van der Waals surface area (Å²) in [7, 11) is 3.69. The van der Waals surface area contributed by atoms with Crippen molar-refractivity contribution in [3.8, 4) is 0 Å². The highest BCUT2D eigenvalue weighted by molar-refractivity contribution is 6.34. The molecule has 0 radical (unpaired) electrons. The maximum atomic E-state index is 11.2. The molecule has 0 aliphatic rings. The Kier molecular flexibility index (Phi) is 4.55. The summed E-state index contributed by atoms with van der Waals surface area (Å²) < 4.78 is 0. The number of aromatic nitrogens is 1. The van der Waals surface area contributed by atoms with Gasteiger partial charge in [-0.25, -0.2) is 9.78 Å². The number of carbonyl (C=O) groups is 1.